The molecule has 1 saturated heterocycles. The molecular formula is C9H16O3. The molecule has 1 fully saturated rings. The minimum Gasteiger partial charge on any atom is -0.353 e. The van der Waals surface area contributed by atoms with Crippen molar-refractivity contribution >= 4 is 6.29 Å². The second-order valence-corrected chi connectivity index (χ2v) is 2.98. The van der Waals surface area contributed by atoms with Gasteiger partial charge >= 0.3 is 0 Å². The molecule has 1 unspecified atom stereocenters. The molecule has 3 nitrogen and oxygen atoms in total. The summed E-state index contributed by atoms with van der Waals surface area (Å²) in [6, 6.07) is 0. The van der Waals surface area contributed by atoms with Gasteiger partial charge in [0.15, 0.2) is 6.29 Å². The molecule has 1 aliphatic rings. The van der Waals surface area contributed by atoms with E-state index in [4.69, 9.17) is 9.47 Å². The Morgan fingerprint density at radius 2 is 2.42 bits per heavy atom. The average Bonchev–Trinajstić information content (AvgIpc) is 2.14. The van der Waals surface area contributed by atoms with Gasteiger partial charge in [-0.3, -0.25) is 0 Å². The first kappa shape index (κ1) is 9.68. The van der Waals surface area contributed by atoms with Crippen LogP contribution in [0.2, 0.25) is 0 Å². The van der Waals surface area contributed by atoms with Gasteiger partial charge in [0, 0.05) is 13.0 Å². The van der Waals surface area contributed by atoms with Crippen molar-refractivity contribution < 1.29 is 14.3 Å². The van der Waals surface area contributed by atoms with Gasteiger partial charge in [0.1, 0.15) is 6.29 Å². The van der Waals surface area contributed by atoms with Crippen LogP contribution in [0.3, 0.4) is 0 Å². The molecule has 0 bridgehead atoms. The number of ether oxygens (including phenoxy) is 2. The summed E-state index contributed by atoms with van der Waals surface area (Å²) < 4.78 is 10.8. The summed E-state index contributed by atoms with van der Waals surface area (Å²) in [6.07, 6.45) is 5.65. The van der Waals surface area contributed by atoms with E-state index in [2.05, 4.69) is 0 Å². The van der Waals surface area contributed by atoms with Gasteiger partial charge in [-0.25, -0.2) is 0 Å². The lowest BCUT2D eigenvalue weighted by atomic mass is 10.2. The number of aldehydes is 1. The van der Waals surface area contributed by atoms with E-state index < -0.39 is 0 Å². The van der Waals surface area contributed by atoms with Crippen molar-refractivity contribution in [2.75, 3.05) is 13.2 Å². The van der Waals surface area contributed by atoms with E-state index in [-0.39, 0.29) is 6.29 Å². The molecule has 0 amide bonds. The van der Waals surface area contributed by atoms with E-state index in [1.54, 1.807) is 0 Å². The predicted molar refractivity (Wildman–Crippen MR) is 44.8 cm³/mol. The summed E-state index contributed by atoms with van der Waals surface area (Å²) in [4.78, 5) is 9.97. The van der Waals surface area contributed by atoms with Gasteiger partial charge in [0.05, 0.1) is 6.61 Å². The Labute approximate surface area is 73.0 Å². The van der Waals surface area contributed by atoms with Crippen molar-refractivity contribution in [1.29, 1.82) is 0 Å². The zero-order valence-corrected chi connectivity index (χ0v) is 7.33. The first-order valence-electron chi connectivity index (χ1n) is 4.60. The highest BCUT2D eigenvalue weighted by atomic mass is 16.7. The molecule has 1 aliphatic heterocycles. The van der Waals surface area contributed by atoms with Gasteiger partial charge in [0.2, 0.25) is 0 Å². The fraction of sp³-hybridized carbons (Fsp3) is 0.889. The third kappa shape index (κ3) is 3.83. The summed E-state index contributed by atoms with van der Waals surface area (Å²) >= 11 is 0. The normalized spacial score (nSPS) is 23.8. The van der Waals surface area contributed by atoms with Gasteiger partial charge in [0.25, 0.3) is 0 Å². The smallest absolute Gasteiger partial charge is 0.157 e. The van der Waals surface area contributed by atoms with Gasteiger partial charge in [-0.1, -0.05) is 0 Å². The van der Waals surface area contributed by atoms with Crippen LogP contribution in [-0.2, 0) is 14.3 Å². The van der Waals surface area contributed by atoms with Crippen LogP contribution in [-0.4, -0.2) is 25.8 Å². The number of hydrogen-bond donors (Lipinski definition) is 0. The van der Waals surface area contributed by atoms with Crippen molar-refractivity contribution in [3.63, 3.8) is 0 Å². The number of hydrogen-bond acceptors (Lipinski definition) is 3. The molecule has 0 aromatic carbocycles. The summed E-state index contributed by atoms with van der Waals surface area (Å²) in [5.74, 6) is 0. The molecule has 12 heavy (non-hydrogen) atoms. The molecular weight excluding hydrogens is 156 g/mol. The fourth-order valence-electron chi connectivity index (χ4n) is 1.22. The van der Waals surface area contributed by atoms with Crippen LogP contribution >= 0.6 is 0 Å². The molecule has 0 aliphatic carbocycles. The molecule has 0 radical (unpaired) electrons. The van der Waals surface area contributed by atoms with Crippen LogP contribution in [0, 0.1) is 0 Å². The topological polar surface area (TPSA) is 35.5 Å². The SMILES string of the molecule is O=CCCCOC1CCCCO1. The Balaban J connectivity index is 1.94. The van der Waals surface area contributed by atoms with Crippen molar-refractivity contribution in [3.05, 3.63) is 0 Å². The number of unbranched alkanes of at least 4 members (excludes halogenated alkanes) is 1. The molecule has 1 atom stereocenters. The highest BCUT2D eigenvalue weighted by molar-refractivity contribution is 5.48. The molecule has 0 saturated carbocycles. The van der Waals surface area contributed by atoms with Crippen LogP contribution in [0.1, 0.15) is 32.1 Å². The molecule has 0 spiro atoms. The monoisotopic (exact) mass is 172 g/mol. The van der Waals surface area contributed by atoms with E-state index in [9.17, 15) is 4.79 Å². The van der Waals surface area contributed by atoms with E-state index in [0.29, 0.717) is 13.0 Å². The number of carbonyl (C=O) groups excluding carboxylic acids is 1. The Kier molecular flexibility index (Phi) is 4.95. The molecule has 1 rings (SSSR count). The minimum absolute atomic E-state index is 0.00889. The lowest BCUT2D eigenvalue weighted by Crippen LogP contribution is -2.22. The van der Waals surface area contributed by atoms with E-state index in [0.717, 1.165) is 32.2 Å². The highest BCUT2D eigenvalue weighted by Crippen LogP contribution is 2.13. The van der Waals surface area contributed by atoms with Crippen LogP contribution < -0.4 is 0 Å². The van der Waals surface area contributed by atoms with Crippen LogP contribution in [0.15, 0.2) is 0 Å². The minimum atomic E-state index is -0.00889. The molecule has 0 aromatic heterocycles. The molecule has 0 N–H and O–H groups in total. The lowest BCUT2D eigenvalue weighted by molar-refractivity contribution is -0.162. The Morgan fingerprint density at radius 1 is 1.50 bits per heavy atom. The van der Waals surface area contributed by atoms with Gasteiger partial charge in [-0.2, -0.15) is 0 Å². The van der Waals surface area contributed by atoms with Crippen molar-refractivity contribution in [2.45, 2.75) is 38.4 Å². The Bertz CT molecular complexity index is 119. The van der Waals surface area contributed by atoms with Crippen molar-refractivity contribution in [3.8, 4) is 0 Å². The number of rotatable bonds is 5. The Morgan fingerprint density at radius 3 is 3.08 bits per heavy atom. The highest BCUT2D eigenvalue weighted by Gasteiger charge is 2.12. The van der Waals surface area contributed by atoms with Crippen molar-refractivity contribution in [2.24, 2.45) is 0 Å². The van der Waals surface area contributed by atoms with Crippen molar-refractivity contribution in [1.82, 2.24) is 0 Å². The summed E-state index contributed by atoms with van der Waals surface area (Å²) in [5, 5.41) is 0. The van der Waals surface area contributed by atoms with Crippen LogP contribution in [0.4, 0.5) is 0 Å². The fourth-order valence-corrected chi connectivity index (χ4v) is 1.22. The van der Waals surface area contributed by atoms with Crippen LogP contribution in [0.25, 0.3) is 0 Å². The molecule has 0 aromatic rings. The lowest BCUT2D eigenvalue weighted by Gasteiger charge is -2.22. The molecule has 70 valence electrons. The molecule has 1 heterocycles. The van der Waals surface area contributed by atoms with E-state index >= 15 is 0 Å². The maximum Gasteiger partial charge on any atom is 0.157 e. The third-order valence-electron chi connectivity index (χ3n) is 1.91. The average molecular weight is 172 g/mol. The summed E-state index contributed by atoms with van der Waals surface area (Å²) in [5.41, 5.74) is 0. The quantitative estimate of drug-likeness (QED) is 0.466. The van der Waals surface area contributed by atoms with E-state index in [1.807, 2.05) is 0 Å². The standard InChI is InChI=1S/C9H16O3/c10-6-2-4-8-12-9-5-1-3-7-11-9/h6,9H,1-5,7-8H2. The zero-order chi connectivity index (χ0) is 8.65. The van der Waals surface area contributed by atoms with Gasteiger partial charge in [-0.05, 0) is 25.7 Å². The van der Waals surface area contributed by atoms with Gasteiger partial charge in [-0.15, -0.1) is 0 Å². The predicted octanol–water partition coefficient (Wildman–Crippen LogP) is 1.51. The summed E-state index contributed by atoms with van der Waals surface area (Å²) in [7, 11) is 0. The maximum atomic E-state index is 9.97. The number of carbonyl (C=O) groups is 1. The second kappa shape index (κ2) is 6.14. The third-order valence-corrected chi connectivity index (χ3v) is 1.91. The van der Waals surface area contributed by atoms with E-state index in [1.165, 1.54) is 6.42 Å². The Hall–Kier alpha value is -0.410. The maximum absolute atomic E-state index is 9.97. The first-order chi connectivity index (χ1) is 5.93. The molecule has 3 heteroatoms. The zero-order valence-electron chi connectivity index (χ0n) is 7.33. The first-order valence-corrected chi connectivity index (χ1v) is 4.60. The second-order valence-electron chi connectivity index (χ2n) is 2.98. The van der Waals surface area contributed by atoms with Crippen LogP contribution in [0.5, 0.6) is 0 Å². The summed E-state index contributed by atoms with van der Waals surface area (Å²) in [6.45, 7) is 1.46. The van der Waals surface area contributed by atoms with Gasteiger partial charge < -0.3 is 14.3 Å². The largest absolute Gasteiger partial charge is 0.353 e.